The largest absolute Gasteiger partial charge is 0.406 e. The van der Waals surface area contributed by atoms with Crippen molar-refractivity contribution in [2.45, 2.75) is 23.6 Å². The van der Waals surface area contributed by atoms with Crippen LogP contribution in [-0.4, -0.2) is 35.0 Å². The van der Waals surface area contributed by atoms with E-state index in [1.54, 1.807) is 0 Å². The molecule has 0 spiro atoms. The summed E-state index contributed by atoms with van der Waals surface area (Å²) in [4.78, 5) is 1.97. The fourth-order valence-corrected chi connectivity index (χ4v) is 2.59. The van der Waals surface area contributed by atoms with Gasteiger partial charge in [0.25, 0.3) is 0 Å². The quantitative estimate of drug-likeness (QED) is 0.793. The summed E-state index contributed by atoms with van der Waals surface area (Å²) in [5, 5.41) is 7.55. The number of thioether (sulfide) groups is 1. The minimum atomic E-state index is -4.28. The van der Waals surface area contributed by atoms with E-state index in [1.807, 2.05) is 43.3 Å². The molecule has 0 bridgehead atoms. The van der Waals surface area contributed by atoms with Crippen molar-refractivity contribution in [3.05, 3.63) is 36.2 Å². The third-order valence-corrected chi connectivity index (χ3v) is 3.78. The summed E-state index contributed by atoms with van der Waals surface area (Å²) in [6, 6.07) is 7.83. The van der Waals surface area contributed by atoms with Crippen molar-refractivity contribution in [2.24, 2.45) is 0 Å². The number of nitrogens with zero attached hydrogens (tertiary/aromatic N) is 4. The number of halogens is 3. The molecule has 1 aromatic heterocycles. The Morgan fingerprint density at radius 1 is 1.29 bits per heavy atom. The van der Waals surface area contributed by atoms with Crippen molar-refractivity contribution < 1.29 is 13.2 Å². The van der Waals surface area contributed by atoms with Gasteiger partial charge in [-0.3, -0.25) is 4.57 Å². The van der Waals surface area contributed by atoms with Crippen molar-refractivity contribution in [2.75, 3.05) is 19.0 Å². The Hall–Kier alpha value is -1.70. The number of hydrogen-bond acceptors (Lipinski definition) is 4. The average Bonchev–Trinajstić information content (AvgIpc) is 2.81. The minimum absolute atomic E-state index is 0.266. The lowest BCUT2D eigenvalue weighted by molar-refractivity contribution is -0.142. The van der Waals surface area contributed by atoms with Crippen molar-refractivity contribution in [3.63, 3.8) is 0 Å². The van der Waals surface area contributed by atoms with Gasteiger partial charge in [-0.05, 0) is 17.7 Å². The average molecular weight is 316 g/mol. The second kappa shape index (κ2) is 6.38. The second-order valence-electron chi connectivity index (χ2n) is 4.71. The molecule has 1 aromatic carbocycles. The van der Waals surface area contributed by atoms with Crippen molar-refractivity contribution in [3.8, 4) is 0 Å². The smallest absolute Gasteiger partial charge is 0.378 e. The first-order chi connectivity index (χ1) is 9.85. The highest BCUT2D eigenvalue weighted by molar-refractivity contribution is 7.98. The lowest BCUT2D eigenvalue weighted by Crippen LogP contribution is -2.17. The lowest BCUT2D eigenvalue weighted by Gasteiger charge is -2.13. The van der Waals surface area contributed by atoms with E-state index >= 15 is 0 Å². The molecule has 0 fully saturated rings. The highest BCUT2D eigenvalue weighted by Gasteiger charge is 2.29. The molecular weight excluding hydrogens is 301 g/mol. The summed E-state index contributed by atoms with van der Waals surface area (Å²) in [5.74, 6) is 0.540. The van der Waals surface area contributed by atoms with Crippen LogP contribution in [0, 0.1) is 0 Å². The van der Waals surface area contributed by atoms with E-state index in [-0.39, 0.29) is 5.16 Å². The SMILES string of the molecule is CN(C)c1cccc(CSc2nncn2CC(F)(F)F)c1. The summed E-state index contributed by atoms with van der Waals surface area (Å²) < 4.78 is 38.3. The number of hydrogen-bond donors (Lipinski definition) is 0. The van der Waals surface area contributed by atoms with Crippen LogP contribution in [0.1, 0.15) is 5.56 Å². The summed E-state index contributed by atoms with van der Waals surface area (Å²) >= 11 is 1.24. The second-order valence-corrected chi connectivity index (χ2v) is 5.65. The van der Waals surface area contributed by atoms with E-state index in [0.29, 0.717) is 5.75 Å². The topological polar surface area (TPSA) is 34.0 Å². The number of alkyl halides is 3. The van der Waals surface area contributed by atoms with Crippen LogP contribution in [0.15, 0.2) is 35.7 Å². The number of aromatic nitrogens is 3. The van der Waals surface area contributed by atoms with E-state index in [4.69, 9.17) is 0 Å². The molecule has 0 radical (unpaired) electrons. The predicted octanol–water partition coefficient (Wildman–Crippen LogP) is 3.20. The summed E-state index contributed by atoms with van der Waals surface area (Å²) in [6.45, 7) is -1.07. The van der Waals surface area contributed by atoms with Gasteiger partial charge < -0.3 is 4.90 Å². The van der Waals surface area contributed by atoms with E-state index < -0.39 is 12.7 Å². The summed E-state index contributed by atoms with van der Waals surface area (Å²) in [5.41, 5.74) is 2.07. The third-order valence-electron chi connectivity index (χ3n) is 2.72. The lowest BCUT2D eigenvalue weighted by atomic mass is 10.2. The molecule has 0 aliphatic heterocycles. The Bertz CT molecular complexity index is 595. The van der Waals surface area contributed by atoms with E-state index in [0.717, 1.165) is 22.1 Å². The van der Waals surface area contributed by atoms with Crippen LogP contribution in [0.4, 0.5) is 18.9 Å². The molecule has 0 N–H and O–H groups in total. The highest BCUT2D eigenvalue weighted by atomic mass is 32.2. The molecule has 21 heavy (non-hydrogen) atoms. The van der Waals surface area contributed by atoms with Gasteiger partial charge in [0.2, 0.25) is 0 Å². The van der Waals surface area contributed by atoms with Crippen molar-refractivity contribution >= 4 is 17.4 Å². The van der Waals surface area contributed by atoms with E-state index in [1.165, 1.54) is 11.8 Å². The predicted molar refractivity (Wildman–Crippen MR) is 76.4 cm³/mol. The Labute approximate surface area is 125 Å². The first-order valence-electron chi connectivity index (χ1n) is 6.19. The highest BCUT2D eigenvalue weighted by Crippen LogP contribution is 2.25. The molecule has 1 heterocycles. The van der Waals surface area contributed by atoms with Crippen molar-refractivity contribution in [1.82, 2.24) is 14.8 Å². The summed E-state index contributed by atoms with van der Waals surface area (Å²) in [7, 11) is 3.87. The Balaban J connectivity index is 2.04. The van der Waals surface area contributed by atoms with Crippen LogP contribution in [-0.2, 0) is 12.3 Å². The monoisotopic (exact) mass is 316 g/mol. The van der Waals surface area contributed by atoms with E-state index in [9.17, 15) is 13.2 Å². The number of rotatable bonds is 5. The van der Waals surface area contributed by atoms with Crippen molar-refractivity contribution in [1.29, 1.82) is 0 Å². The Morgan fingerprint density at radius 2 is 2.05 bits per heavy atom. The molecule has 2 aromatic rings. The molecule has 8 heteroatoms. The molecule has 0 saturated carbocycles. The van der Waals surface area contributed by atoms with Crippen LogP contribution in [0.3, 0.4) is 0 Å². The zero-order chi connectivity index (χ0) is 15.5. The van der Waals surface area contributed by atoms with Gasteiger partial charge in [0.15, 0.2) is 5.16 Å². The molecule has 0 saturated heterocycles. The molecule has 114 valence electrons. The molecule has 2 rings (SSSR count). The third kappa shape index (κ3) is 4.66. The molecule has 0 unspecified atom stereocenters. The van der Waals surface area contributed by atoms with E-state index in [2.05, 4.69) is 10.2 Å². The fraction of sp³-hybridized carbons (Fsp3) is 0.385. The van der Waals surface area contributed by atoms with Crippen LogP contribution in [0.5, 0.6) is 0 Å². The minimum Gasteiger partial charge on any atom is -0.378 e. The van der Waals surface area contributed by atoms with Crippen LogP contribution >= 0.6 is 11.8 Å². The molecular formula is C13H15F3N4S. The molecule has 0 atom stereocenters. The first-order valence-corrected chi connectivity index (χ1v) is 7.17. The maximum absolute atomic E-state index is 12.4. The fourth-order valence-electron chi connectivity index (χ4n) is 1.73. The van der Waals surface area contributed by atoms with Gasteiger partial charge in [-0.2, -0.15) is 13.2 Å². The van der Waals surface area contributed by atoms with Gasteiger partial charge in [-0.1, -0.05) is 23.9 Å². The Kier molecular flexibility index (Phi) is 4.76. The molecule has 0 aliphatic rings. The van der Waals surface area contributed by atoms with Crippen LogP contribution in [0.25, 0.3) is 0 Å². The molecule has 0 aliphatic carbocycles. The van der Waals surface area contributed by atoms with Crippen LogP contribution in [0.2, 0.25) is 0 Å². The van der Waals surface area contributed by atoms with Gasteiger partial charge >= 0.3 is 6.18 Å². The maximum Gasteiger partial charge on any atom is 0.406 e. The Morgan fingerprint density at radius 3 is 2.71 bits per heavy atom. The van der Waals surface area contributed by atoms with Gasteiger partial charge in [0.1, 0.15) is 12.9 Å². The van der Waals surface area contributed by atoms with Gasteiger partial charge in [-0.25, -0.2) is 0 Å². The van der Waals surface area contributed by atoms with Gasteiger partial charge in [-0.15, -0.1) is 10.2 Å². The van der Waals surface area contributed by atoms with Crippen LogP contribution < -0.4 is 4.90 Å². The van der Waals surface area contributed by atoms with Gasteiger partial charge in [0, 0.05) is 25.5 Å². The standard InChI is InChI=1S/C13H15F3N4S/c1-19(2)11-5-3-4-10(6-11)7-21-12-18-17-9-20(12)8-13(14,15)16/h3-6,9H,7-8H2,1-2H3. The summed E-state index contributed by atoms with van der Waals surface area (Å²) in [6.07, 6.45) is -3.17. The first kappa shape index (κ1) is 15.7. The van der Waals surface area contributed by atoms with Gasteiger partial charge in [0.05, 0.1) is 0 Å². The molecule has 0 amide bonds. The zero-order valence-corrected chi connectivity index (χ0v) is 12.4. The normalized spacial score (nSPS) is 11.7. The zero-order valence-electron chi connectivity index (χ0n) is 11.6. The molecule has 4 nitrogen and oxygen atoms in total. The maximum atomic E-state index is 12.4. The number of benzene rings is 1. The number of anilines is 1.